The molecule has 1 heterocycles. The van der Waals surface area contributed by atoms with Gasteiger partial charge in [-0.25, -0.2) is 27.9 Å². The molecule has 0 aliphatic carbocycles. The van der Waals surface area contributed by atoms with Crippen molar-refractivity contribution in [1.82, 2.24) is 9.97 Å². The molecule has 3 rings (SSSR count). The number of fused-ring (bicyclic) bond motifs is 1. The van der Waals surface area contributed by atoms with Crippen LogP contribution in [0.15, 0.2) is 30.3 Å². The molecule has 25 heavy (non-hydrogen) atoms. The number of anilines is 2. The largest absolute Gasteiger partial charge is 0.323 e. The lowest BCUT2D eigenvalue weighted by molar-refractivity contribution is 0.262. The van der Waals surface area contributed by atoms with Gasteiger partial charge in [0, 0.05) is 5.69 Å². The van der Waals surface area contributed by atoms with Crippen molar-refractivity contribution in [1.29, 1.82) is 0 Å². The predicted octanol–water partition coefficient (Wildman–Crippen LogP) is 4.31. The topological polar surface area (TPSA) is 66.9 Å². The Morgan fingerprint density at radius 1 is 0.880 bits per heavy atom. The Kier molecular flexibility index (Phi) is 4.26. The number of benzene rings is 2. The van der Waals surface area contributed by atoms with Crippen molar-refractivity contribution in [2.24, 2.45) is 0 Å². The van der Waals surface area contributed by atoms with Gasteiger partial charge in [-0.1, -0.05) is 0 Å². The molecule has 0 aliphatic rings. The number of nitrogens with one attached hydrogen (secondary N) is 2. The molecule has 0 spiro atoms. The van der Waals surface area contributed by atoms with E-state index in [1.807, 2.05) is 13.8 Å². The summed E-state index contributed by atoms with van der Waals surface area (Å²) in [6.45, 7) is 3.66. The van der Waals surface area contributed by atoms with Crippen molar-refractivity contribution >= 4 is 28.4 Å². The molecule has 2 aromatic carbocycles. The number of aromatic nitrogens is 2. The predicted molar refractivity (Wildman–Crippen MR) is 88.0 cm³/mol. The smallest absolute Gasteiger partial charge is 0.308 e. The SMILES string of the molecule is Cc1nc2ccc(NC(=O)Nc3ccc(F)c(F)c3F)cc2nc1C. The maximum absolute atomic E-state index is 13.6. The van der Waals surface area contributed by atoms with E-state index in [0.717, 1.165) is 23.5 Å². The Morgan fingerprint density at radius 3 is 2.28 bits per heavy atom. The maximum Gasteiger partial charge on any atom is 0.323 e. The Hall–Kier alpha value is -3.16. The van der Waals surface area contributed by atoms with Crippen molar-refractivity contribution in [2.45, 2.75) is 13.8 Å². The Bertz CT molecular complexity index is 991. The number of hydrogen-bond donors (Lipinski definition) is 2. The number of urea groups is 1. The summed E-state index contributed by atoms with van der Waals surface area (Å²) in [4.78, 5) is 20.7. The van der Waals surface area contributed by atoms with Crippen LogP contribution in [0.25, 0.3) is 11.0 Å². The van der Waals surface area contributed by atoms with E-state index in [9.17, 15) is 18.0 Å². The van der Waals surface area contributed by atoms with Crippen LogP contribution in [0.4, 0.5) is 29.3 Å². The molecule has 0 saturated carbocycles. The second kappa shape index (κ2) is 6.39. The lowest BCUT2D eigenvalue weighted by Crippen LogP contribution is -2.20. The standard InChI is InChI=1S/C17H13F3N4O/c1-8-9(2)22-14-7-10(3-5-12(14)21-8)23-17(25)24-13-6-4-11(18)15(19)16(13)20/h3-7H,1-2H3,(H2,23,24,25). The van der Waals surface area contributed by atoms with Gasteiger partial charge in [-0.3, -0.25) is 0 Å². The van der Waals surface area contributed by atoms with Crippen LogP contribution in [0.2, 0.25) is 0 Å². The third-order valence-electron chi connectivity index (χ3n) is 3.62. The molecule has 2 N–H and O–H groups in total. The molecule has 0 bridgehead atoms. The number of aryl methyl sites for hydroxylation is 2. The molecule has 1 aromatic heterocycles. The number of carbonyl (C=O) groups excluding carboxylic acids is 1. The van der Waals surface area contributed by atoms with Crippen molar-refractivity contribution in [3.8, 4) is 0 Å². The fourth-order valence-electron chi connectivity index (χ4n) is 2.22. The first-order valence-electron chi connectivity index (χ1n) is 7.31. The van der Waals surface area contributed by atoms with Gasteiger partial charge in [-0.05, 0) is 44.2 Å². The van der Waals surface area contributed by atoms with Gasteiger partial charge in [0.2, 0.25) is 0 Å². The highest BCUT2D eigenvalue weighted by molar-refractivity contribution is 6.00. The van der Waals surface area contributed by atoms with Crippen LogP contribution in [-0.4, -0.2) is 16.0 Å². The van der Waals surface area contributed by atoms with Crippen molar-refractivity contribution in [2.75, 3.05) is 10.6 Å². The van der Waals surface area contributed by atoms with Crippen LogP contribution < -0.4 is 10.6 Å². The van der Waals surface area contributed by atoms with Crippen LogP contribution in [-0.2, 0) is 0 Å². The summed E-state index contributed by atoms with van der Waals surface area (Å²) in [7, 11) is 0. The van der Waals surface area contributed by atoms with E-state index >= 15 is 0 Å². The minimum absolute atomic E-state index is 0.394. The molecule has 0 atom stereocenters. The first-order chi connectivity index (χ1) is 11.8. The summed E-state index contributed by atoms with van der Waals surface area (Å²) >= 11 is 0. The number of nitrogens with zero attached hydrogens (tertiary/aromatic N) is 2. The molecule has 0 radical (unpaired) electrons. The van der Waals surface area contributed by atoms with Gasteiger partial charge in [0.25, 0.3) is 0 Å². The lowest BCUT2D eigenvalue weighted by atomic mass is 10.2. The quantitative estimate of drug-likeness (QED) is 0.680. The third-order valence-corrected chi connectivity index (χ3v) is 3.62. The minimum Gasteiger partial charge on any atom is -0.308 e. The average Bonchev–Trinajstić information content (AvgIpc) is 2.57. The van der Waals surface area contributed by atoms with E-state index in [0.29, 0.717) is 16.7 Å². The summed E-state index contributed by atoms with van der Waals surface area (Å²) in [6, 6.07) is 5.75. The molecular formula is C17H13F3N4O. The third kappa shape index (κ3) is 3.37. The van der Waals surface area contributed by atoms with E-state index in [1.165, 1.54) is 0 Å². The highest BCUT2D eigenvalue weighted by atomic mass is 19.2. The summed E-state index contributed by atoms with van der Waals surface area (Å²) in [5.41, 5.74) is 2.74. The zero-order chi connectivity index (χ0) is 18.1. The van der Waals surface area contributed by atoms with Crippen LogP contribution in [0, 0.1) is 31.3 Å². The molecule has 2 amide bonds. The monoisotopic (exact) mass is 346 g/mol. The molecule has 5 nitrogen and oxygen atoms in total. The van der Waals surface area contributed by atoms with Crippen LogP contribution >= 0.6 is 0 Å². The molecule has 0 fully saturated rings. The van der Waals surface area contributed by atoms with Crippen molar-refractivity contribution in [3.63, 3.8) is 0 Å². The Labute approximate surface area is 140 Å². The molecule has 0 aliphatic heterocycles. The van der Waals surface area contributed by atoms with E-state index < -0.39 is 29.2 Å². The summed E-state index contributed by atoms with van der Waals surface area (Å²) in [5, 5.41) is 4.60. The van der Waals surface area contributed by atoms with Gasteiger partial charge in [0.1, 0.15) is 0 Å². The van der Waals surface area contributed by atoms with Crippen LogP contribution in [0.1, 0.15) is 11.4 Å². The van der Waals surface area contributed by atoms with Crippen LogP contribution in [0.5, 0.6) is 0 Å². The summed E-state index contributed by atoms with van der Waals surface area (Å²) in [5.74, 6) is -4.45. The van der Waals surface area contributed by atoms with E-state index in [-0.39, 0.29) is 0 Å². The van der Waals surface area contributed by atoms with Crippen LogP contribution in [0.3, 0.4) is 0 Å². The highest BCUT2D eigenvalue weighted by Gasteiger charge is 2.15. The van der Waals surface area contributed by atoms with Gasteiger partial charge in [-0.2, -0.15) is 0 Å². The number of rotatable bonds is 2. The van der Waals surface area contributed by atoms with E-state index in [4.69, 9.17) is 0 Å². The van der Waals surface area contributed by atoms with Gasteiger partial charge < -0.3 is 10.6 Å². The first kappa shape index (κ1) is 16.7. The van der Waals surface area contributed by atoms with Crippen molar-refractivity contribution in [3.05, 3.63) is 59.2 Å². The average molecular weight is 346 g/mol. The van der Waals surface area contributed by atoms with Gasteiger partial charge in [-0.15, -0.1) is 0 Å². The summed E-state index contributed by atoms with van der Waals surface area (Å²) in [6.07, 6.45) is 0. The zero-order valence-electron chi connectivity index (χ0n) is 13.3. The Morgan fingerprint density at radius 2 is 1.56 bits per heavy atom. The number of halogens is 3. The molecule has 128 valence electrons. The molecule has 0 saturated heterocycles. The number of hydrogen-bond acceptors (Lipinski definition) is 3. The molecular weight excluding hydrogens is 333 g/mol. The second-order valence-corrected chi connectivity index (χ2v) is 5.40. The maximum atomic E-state index is 13.6. The van der Waals surface area contributed by atoms with Gasteiger partial charge in [0.05, 0.1) is 28.1 Å². The highest BCUT2D eigenvalue weighted by Crippen LogP contribution is 2.21. The van der Waals surface area contributed by atoms with Crippen molar-refractivity contribution < 1.29 is 18.0 Å². The molecule has 0 unspecified atom stereocenters. The van der Waals surface area contributed by atoms with E-state index in [1.54, 1.807) is 18.2 Å². The summed E-state index contributed by atoms with van der Waals surface area (Å²) < 4.78 is 39.6. The second-order valence-electron chi connectivity index (χ2n) is 5.40. The Balaban J connectivity index is 1.80. The normalized spacial score (nSPS) is 10.8. The fraction of sp³-hybridized carbons (Fsp3) is 0.118. The number of carbonyl (C=O) groups is 1. The number of amides is 2. The van der Waals surface area contributed by atoms with Gasteiger partial charge in [0.15, 0.2) is 17.5 Å². The fourth-order valence-corrected chi connectivity index (χ4v) is 2.22. The molecule has 8 heteroatoms. The van der Waals surface area contributed by atoms with E-state index in [2.05, 4.69) is 20.6 Å². The minimum atomic E-state index is -1.65. The lowest BCUT2D eigenvalue weighted by Gasteiger charge is -2.10. The zero-order valence-corrected chi connectivity index (χ0v) is 13.3. The molecule has 3 aromatic rings. The first-order valence-corrected chi connectivity index (χ1v) is 7.31. The van der Waals surface area contributed by atoms with Gasteiger partial charge >= 0.3 is 6.03 Å².